The summed E-state index contributed by atoms with van der Waals surface area (Å²) >= 11 is 0. The smallest absolute Gasteiger partial charge is 0.449 e. The summed E-state index contributed by atoms with van der Waals surface area (Å²) in [6.07, 6.45) is -8.65. The Bertz CT molecular complexity index is 797. The van der Waals surface area contributed by atoms with Crippen LogP contribution in [0, 0.1) is 0 Å². The molecule has 2 unspecified atom stereocenters. The number of hydrogen-bond donors (Lipinski definition) is 1. The third kappa shape index (κ3) is 6.83. The first-order chi connectivity index (χ1) is 14.6. The number of carbonyl (C=O) groups is 2. The molecule has 2 atom stereocenters. The van der Waals surface area contributed by atoms with Gasteiger partial charge in [0.25, 0.3) is 5.91 Å². The lowest BCUT2D eigenvalue weighted by Crippen LogP contribution is -2.60. The fourth-order valence-corrected chi connectivity index (χ4v) is 3.69. The third-order valence-electron chi connectivity index (χ3n) is 4.11. The Morgan fingerprint density at radius 2 is 1.78 bits per heavy atom. The number of ether oxygens (including phenoxy) is 3. The molecule has 1 fully saturated rings. The van der Waals surface area contributed by atoms with Crippen LogP contribution in [0.5, 0.6) is 0 Å². The summed E-state index contributed by atoms with van der Waals surface area (Å²) in [5, 5.41) is -4.20. The zero-order valence-electron chi connectivity index (χ0n) is 17.3. The molecule has 9 nitrogen and oxygen atoms in total. The van der Waals surface area contributed by atoms with Gasteiger partial charge in [-0.25, -0.2) is 13.6 Å². The molecule has 32 heavy (non-hydrogen) atoms. The van der Waals surface area contributed by atoms with Crippen LogP contribution in [-0.4, -0.2) is 76.4 Å². The molecule has 0 aliphatic carbocycles. The van der Waals surface area contributed by atoms with Gasteiger partial charge in [0.15, 0.2) is 5.79 Å². The molecule has 1 saturated heterocycles. The van der Waals surface area contributed by atoms with Crippen LogP contribution in [0.3, 0.4) is 0 Å². The quantitative estimate of drug-likeness (QED) is 0.151. The molecule has 15 heteroatoms. The van der Waals surface area contributed by atoms with E-state index < -0.39 is 71.3 Å². The molecule has 0 aromatic carbocycles. The summed E-state index contributed by atoms with van der Waals surface area (Å²) in [5.41, 5.74) is -0.0562. The molecule has 0 aromatic heterocycles. The molecule has 0 spiro atoms. The molecule has 1 N–H and O–H groups in total. The summed E-state index contributed by atoms with van der Waals surface area (Å²) < 4.78 is 112. The van der Waals surface area contributed by atoms with Gasteiger partial charge in [-0.15, -0.1) is 0 Å². The summed E-state index contributed by atoms with van der Waals surface area (Å²) in [4.78, 5) is 23.1. The number of rotatable bonds is 11. The second-order valence-corrected chi connectivity index (χ2v) is 8.64. The van der Waals surface area contributed by atoms with Crippen molar-refractivity contribution in [2.24, 2.45) is 0 Å². The van der Waals surface area contributed by atoms with E-state index in [1.54, 1.807) is 0 Å². The lowest BCUT2D eigenvalue weighted by molar-refractivity contribution is -0.266. The van der Waals surface area contributed by atoms with Crippen molar-refractivity contribution < 1.29 is 58.4 Å². The maximum absolute atomic E-state index is 14.8. The van der Waals surface area contributed by atoms with Crippen LogP contribution in [0.2, 0.25) is 0 Å². The van der Waals surface area contributed by atoms with Gasteiger partial charge in [0, 0.05) is 12.0 Å². The highest BCUT2D eigenvalue weighted by atomic mass is 32.2. The number of halogens is 5. The second kappa shape index (κ2) is 10.9. The highest BCUT2D eigenvalue weighted by Gasteiger charge is 2.72. The molecular formula is C17H24F5NO8S. The molecule has 186 valence electrons. The van der Waals surface area contributed by atoms with Crippen LogP contribution < -0.4 is 5.32 Å². The zero-order valence-corrected chi connectivity index (χ0v) is 18.1. The van der Waals surface area contributed by atoms with E-state index in [0.29, 0.717) is 6.42 Å². The minimum atomic E-state index is -6.41. The zero-order chi connectivity index (χ0) is 24.8. The van der Waals surface area contributed by atoms with Crippen LogP contribution in [0.25, 0.3) is 0 Å². The average Bonchev–Trinajstić information content (AvgIpc) is 2.68. The van der Waals surface area contributed by atoms with Crippen LogP contribution in [-0.2, 0) is 38.1 Å². The van der Waals surface area contributed by atoms with Gasteiger partial charge in [-0.3, -0.25) is 8.98 Å². The number of hydrogen-bond acceptors (Lipinski definition) is 8. The van der Waals surface area contributed by atoms with Crippen LogP contribution in [0.1, 0.15) is 26.7 Å². The molecular weight excluding hydrogens is 473 g/mol. The van der Waals surface area contributed by atoms with Crippen molar-refractivity contribution in [2.75, 3.05) is 33.0 Å². The minimum Gasteiger partial charge on any atom is -0.460 e. The molecule has 0 aromatic rings. The van der Waals surface area contributed by atoms with E-state index in [2.05, 4.69) is 15.5 Å². The largest absolute Gasteiger partial charge is 0.460 e. The van der Waals surface area contributed by atoms with Crippen LogP contribution >= 0.6 is 0 Å². The van der Waals surface area contributed by atoms with E-state index in [1.165, 1.54) is 19.2 Å². The number of nitrogens with one attached hydrogen (secondary N) is 1. The van der Waals surface area contributed by atoms with Gasteiger partial charge in [-0.2, -0.15) is 21.6 Å². The van der Waals surface area contributed by atoms with Gasteiger partial charge >= 0.3 is 27.3 Å². The number of esters is 1. The van der Waals surface area contributed by atoms with E-state index in [-0.39, 0.29) is 18.8 Å². The SMILES string of the molecule is C=C(C)C(=O)OCCNC(=O)C(F)(C(F)(F)F)S(=O)(=O)OC(CF)CC1(C)OCCCO1. The van der Waals surface area contributed by atoms with Gasteiger partial charge in [0.1, 0.15) is 19.4 Å². The second-order valence-electron chi connectivity index (χ2n) is 6.98. The summed E-state index contributed by atoms with van der Waals surface area (Å²) in [6, 6.07) is 0. The van der Waals surface area contributed by atoms with Crippen molar-refractivity contribution in [3.63, 3.8) is 0 Å². The monoisotopic (exact) mass is 497 g/mol. The highest BCUT2D eigenvalue weighted by molar-refractivity contribution is 7.89. The lowest BCUT2D eigenvalue weighted by atomic mass is 10.1. The Labute approximate surface area is 181 Å². The van der Waals surface area contributed by atoms with Gasteiger partial charge in [0.05, 0.1) is 19.8 Å². The van der Waals surface area contributed by atoms with Crippen molar-refractivity contribution in [3.8, 4) is 0 Å². The van der Waals surface area contributed by atoms with Gasteiger partial charge in [-0.05, 0) is 20.3 Å². The topological polar surface area (TPSA) is 117 Å². The first kappa shape index (κ1) is 28.2. The molecule has 0 bridgehead atoms. The lowest BCUT2D eigenvalue weighted by Gasteiger charge is -2.36. The third-order valence-corrected chi connectivity index (χ3v) is 5.74. The summed E-state index contributed by atoms with van der Waals surface area (Å²) in [7, 11) is -6.41. The fourth-order valence-electron chi connectivity index (χ4n) is 2.50. The van der Waals surface area contributed by atoms with Gasteiger partial charge in [-0.1, -0.05) is 6.58 Å². The Hall–Kier alpha value is -1.84. The first-order valence-electron chi connectivity index (χ1n) is 9.23. The highest BCUT2D eigenvalue weighted by Crippen LogP contribution is 2.41. The molecule has 0 saturated carbocycles. The molecule has 1 rings (SSSR count). The van der Waals surface area contributed by atoms with Crippen LogP contribution in [0.15, 0.2) is 12.2 Å². The standard InChI is InChI=1S/C17H24F5NO8S/c1-11(2)13(24)28-8-5-23-14(25)16(19,17(20,21)22)32(26,27)31-12(10-18)9-15(3)29-6-4-7-30-15/h12H,1,4-10H2,2-3H3,(H,23,25). The van der Waals surface area contributed by atoms with E-state index in [1.807, 2.05) is 0 Å². The Morgan fingerprint density at radius 1 is 1.22 bits per heavy atom. The maximum atomic E-state index is 14.8. The molecule has 1 heterocycles. The maximum Gasteiger partial charge on any atom is 0.449 e. The van der Waals surface area contributed by atoms with E-state index in [0.717, 1.165) is 0 Å². The average molecular weight is 497 g/mol. The predicted molar refractivity (Wildman–Crippen MR) is 98.0 cm³/mol. The van der Waals surface area contributed by atoms with Crippen molar-refractivity contribution in [1.29, 1.82) is 0 Å². The van der Waals surface area contributed by atoms with E-state index in [4.69, 9.17) is 9.47 Å². The van der Waals surface area contributed by atoms with Crippen LogP contribution in [0.4, 0.5) is 22.0 Å². The molecule has 1 aliphatic rings. The molecule has 1 amide bonds. The minimum absolute atomic E-state index is 0.0562. The van der Waals surface area contributed by atoms with Crippen molar-refractivity contribution >= 4 is 22.0 Å². The Kier molecular flexibility index (Phi) is 9.56. The molecule has 0 radical (unpaired) electrons. The van der Waals surface area contributed by atoms with Crippen molar-refractivity contribution in [2.45, 2.75) is 49.8 Å². The first-order valence-corrected chi connectivity index (χ1v) is 10.6. The number of alkyl halides is 5. The van der Waals surface area contributed by atoms with Crippen molar-refractivity contribution in [3.05, 3.63) is 12.2 Å². The Morgan fingerprint density at radius 3 is 2.25 bits per heavy atom. The van der Waals surface area contributed by atoms with Gasteiger partial charge in [0.2, 0.25) is 0 Å². The number of carbonyl (C=O) groups excluding carboxylic acids is 2. The molecule has 1 aliphatic heterocycles. The normalized spacial score (nSPS) is 19.5. The van der Waals surface area contributed by atoms with E-state index in [9.17, 15) is 40.0 Å². The fraction of sp³-hybridized carbons (Fsp3) is 0.765. The number of amides is 1. The van der Waals surface area contributed by atoms with E-state index >= 15 is 0 Å². The summed E-state index contributed by atoms with van der Waals surface area (Å²) in [5.74, 6) is -5.17. The summed E-state index contributed by atoms with van der Waals surface area (Å²) in [6.45, 7) is 2.88. The predicted octanol–water partition coefficient (Wildman–Crippen LogP) is 1.68. The Balaban J connectivity index is 2.97. The van der Waals surface area contributed by atoms with Gasteiger partial charge < -0.3 is 19.5 Å². The van der Waals surface area contributed by atoms with Crippen molar-refractivity contribution in [1.82, 2.24) is 5.32 Å².